The van der Waals surface area contributed by atoms with Gasteiger partial charge < -0.3 is 19.4 Å². The zero-order valence-electron chi connectivity index (χ0n) is 15.3. The van der Waals surface area contributed by atoms with Crippen molar-refractivity contribution in [2.45, 2.75) is 18.9 Å². The molecule has 1 aromatic heterocycles. The van der Waals surface area contributed by atoms with Crippen LogP contribution in [0.5, 0.6) is 11.5 Å². The van der Waals surface area contributed by atoms with Gasteiger partial charge in [0.25, 0.3) is 0 Å². The second kappa shape index (κ2) is 7.16. The van der Waals surface area contributed by atoms with Gasteiger partial charge in [-0.1, -0.05) is 17.7 Å². The van der Waals surface area contributed by atoms with E-state index in [-0.39, 0.29) is 6.04 Å². The monoisotopic (exact) mass is 384 g/mol. The minimum absolute atomic E-state index is 0.0549. The molecule has 1 aliphatic rings. The van der Waals surface area contributed by atoms with Crippen LogP contribution >= 0.6 is 11.6 Å². The number of benzene rings is 2. The Kier molecular flexibility index (Phi) is 4.70. The molecular weight excluding hydrogens is 364 g/mol. The van der Waals surface area contributed by atoms with E-state index in [1.165, 1.54) is 5.56 Å². The standard InChI is InChI=1S/C21H21ClN2O3/c1-26-20-8-13-5-6-24(12-25)19(17(13)10-21(20)27-2)7-14-11-23-18-9-15(22)3-4-16(14)18/h3-4,8-12,19,23H,5-7H2,1-2H3. The summed E-state index contributed by atoms with van der Waals surface area (Å²) in [6, 6.07) is 9.80. The normalized spacial score (nSPS) is 16.3. The Labute approximate surface area is 162 Å². The fraction of sp³-hybridized carbons (Fsp3) is 0.286. The van der Waals surface area contributed by atoms with Crippen LogP contribution in [0.1, 0.15) is 22.7 Å². The first-order valence-corrected chi connectivity index (χ1v) is 9.23. The third kappa shape index (κ3) is 3.12. The summed E-state index contributed by atoms with van der Waals surface area (Å²) in [4.78, 5) is 16.9. The van der Waals surface area contributed by atoms with Crippen LogP contribution in [0.4, 0.5) is 0 Å². The molecule has 5 nitrogen and oxygen atoms in total. The van der Waals surface area contributed by atoms with Gasteiger partial charge >= 0.3 is 0 Å². The van der Waals surface area contributed by atoms with Crippen LogP contribution in [0.2, 0.25) is 5.02 Å². The third-order valence-electron chi connectivity index (χ3n) is 5.32. The van der Waals surface area contributed by atoms with E-state index < -0.39 is 0 Å². The molecule has 1 atom stereocenters. The van der Waals surface area contributed by atoms with E-state index in [1.807, 2.05) is 41.4 Å². The molecule has 0 aliphatic carbocycles. The molecule has 2 aromatic carbocycles. The Morgan fingerprint density at radius 2 is 2.00 bits per heavy atom. The number of carbonyl (C=O) groups excluding carboxylic acids is 1. The molecule has 2 heterocycles. The summed E-state index contributed by atoms with van der Waals surface area (Å²) < 4.78 is 10.9. The number of hydrogen-bond donors (Lipinski definition) is 1. The number of hydrogen-bond acceptors (Lipinski definition) is 3. The first kappa shape index (κ1) is 17.7. The van der Waals surface area contributed by atoms with Gasteiger partial charge in [-0.05, 0) is 53.8 Å². The van der Waals surface area contributed by atoms with E-state index >= 15 is 0 Å². The molecule has 140 valence electrons. The summed E-state index contributed by atoms with van der Waals surface area (Å²) in [6.07, 6.45) is 4.45. The van der Waals surface area contributed by atoms with Crippen molar-refractivity contribution in [2.75, 3.05) is 20.8 Å². The number of amides is 1. The third-order valence-corrected chi connectivity index (χ3v) is 5.56. The number of halogens is 1. The quantitative estimate of drug-likeness (QED) is 0.673. The molecule has 0 bridgehead atoms. The fourth-order valence-electron chi connectivity index (χ4n) is 3.94. The number of aromatic nitrogens is 1. The first-order chi connectivity index (χ1) is 13.1. The number of ether oxygens (including phenoxy) is 2. The Balaban J connectivity index is 1.77. The second-order valence-corrected chi connectivity index (χ2v) is 7.16. The Hall–Kier alpha value is -2.66. The molecule has 4 rings (SSSR count). The van der Waals surface area contributed by atoms with Crippen molar-refractivity contribution in [1.82, 2.24) is 9.88 Å². The number of fused-ring (bicyclic) bond motifs is 2. The van der Waals surface area contributed by atoms with Crippen molar-refractivity contribution in [2.24, 2.45) is 0 Å². The number of H-pyrrole nitrogens is 1. The summed E-state index contributed by atoms with van der Waals surface area (Å²) in [5.74, 6) is 1.40. The van der Waals surface area contributed by atoms with Crippen LogP contribution in [0, 0.1) is 0 Å². The molecular formula is C21H21ClN2O3. The average molecular weight is 385 g/mol. The van der Waals surface area contributed by atoms with E-state index in [4.69, 9.17) is 21.1 Å². The highest BCUT2D eigenvalue weighted by Gasteiger charge is 2.29. The average Bonchev–Trinajstić information content (AvgIpc) is 3.08. The maximum absolute atomic E-state index is 11.7. The molecule has 1 unspecified atom stereocenters. The van der Waals surface area contributed by atoms with Crippen molar-refractivity contribution < 1.29 is 14.3 Å². The molecule has 0 saturated carbocycles. The summed E-state index contributed by atoms with van der Waals surface area (Å²) in [7, 11) is 3.27. The van der Waals surface area contributed by atoms with Gasteiger partial charge in [-0.2, -0.15) is 0 Å². The summed E-state index contributed by atoms with van der Waals surface area (Å²) in [6.45, 7) is 0.685. The minimum atomic E-state index is -0.0549. The highest BCUT2D eigenvalue weighted by atomic mass is 35.5. The lowest BCUT2D eigenvalue weighted by molar-refractivity contribution is -0.120. The molecule has 27 heavy (non-hydrogen) atoms. The fourth-order valence-corrected chi connectivity index (χ4v) is 4.11. The SMILES string of the molecule is COc1cc2c(cc1OC)C(Cc1c[nH]c3cc(Cl)ccc13)N(C=O)CC2. The molecule has 1 aliphatic heterocycles. The molecule has 0 spiro atoms. The highest BCUT2D eigenvalue weighted by Crippen LogP contribution is 2.39. The van der Waals surface area contributed by atoms with Crippen LogP contribution in [-0.2, 0) is 17.6 Å². The van der Waals surface area contributed by atoms with Crippen molar-refractivity contribution in [3.63, 3.8) is 0 Å². The summed E-state index contributed by atoms with van der Waals surface area (Å²) in [5.41, 5.74) is 4.45. The van der Waals surface area contributed by atoms with Gasteiger partial charge in [0.1, 0.15) is 0 Å². The van der Waals surface area contributed by atoms with Gasteiger partial charge in [-0.3, -0.25) is 4.79 Å². The van der Waals surface area contributed by atoms with Gasteiger partial charge in [0.05, 0.1) is 20.3 Å². The van der Waals surface area contributed by atoms with Crippen LogP contribution < -0.4 is 9.47 Å². The molecule has 3 aromatic rings. The molecule has 1 amide bonds. The topological polar surface area (TPSA) is 54.6 Å². The van der Waals surface area contributed by atoms with Crippen LogP contribution in [0.3, 0.4) is 0 Å². The van der Waals surface area contributed by atoms with Gasteiger partial charge in [-0.15, -0.1) is 0 Å². The van der Waals surface area contributed by atoms with E-state index in [0.717, 1.165) is 40.6 Å². The lowest BCUT2D eigenvalue weighted by Crippen LogP contribution is -2.35. The smallest absolute Gasteiger partial charge is 0.210 e. The van der Waals surface area contributed by atoms with E-state index in [0.29, 0.717) is 23.7 Å². The first-order valence-electron chi connectivity index (χ1n) is 8.86. The zero-order valence-corrected chi connectivity index (χ0v) is 16.0. The largest absolute Gasteiger partial charge is 0.493 e. The summed E-state index contributed by atoms with van der Waals surface area (Å²) >= 11 is 6.09. The molecule has 6 heteroatoms. The van der Waals surface area contributed by atoms with Gasteiger partial charge in [0, 0.05) is 28.7 Å². The highest BCUT2D eigenvalue weighted by molar-refractivity contribution is 6.31. The van der Waals surface area contributed by atoms with E-state index in [2.05, 4.69) is 4.98 Å². The van der Waals surface area contributed by atoms with Gasteiger partial charge in [0.15, 0.2) is 11.5 Å². The van der Waals surface area contributed by atoms with Crippen molar-refractivity contribution in [1.29, 1.82) is 0 Å². The van der Waals surface area contributed by atoms with Crippen LogP contribution in [0.15, 0.2) is 36.5 Å². The molecule has 0 fully saturated rings. The van der Waals surface area contributed by atoms with E-state index in [1.54, 1.807) is 14.2 Å². The second-order valence-electron chi connectivity index (χ2n) is 6.72. The number of nitrogens with zero attached hydrogens (tertiary/aromatic N) is 1. The Morgan fingerprint density at radius 3 is 2.74 bits per heavy atom. The predicted molar refractivity (Wildman–Crippen MR) is 106 cm³/mol. The molecule has 0 saturated heterocycles. The summed E-state index contributed by atoms with van der Waals surface area (Å²) in [5, 5.41) is 1.82. The molecule has 0 radical (unpaired) electrons. The molecule has 1 N–H and O–H groups in total. The maximum atomic E-state index is 11.7. The maximum Gasteiger partial charge on any atom is 0.210 e. The van der Waals surface area contributed by atoms with Gasteiger partial charge in [0.2, 0.25) is 6.41 Å². The number of carbonyl (C=O) groups is 1. The number of rotatable bonds is 5. The number of nitrogens with one attached hydrogen (secondary N) is 1. The number of methoxy groups -OCH3 is 2. The van der Waals surface area contributed by atoms with E-state index in [9.17, 15) is 4.79 Å². The Morgan fingerprint density at radius 1 is 1.22 bits per heavy atom. The van der Waals surface area contributed by atoms with Gasteiger partial charge in [-0.25, -0.2) is 0 Å². The lowest BCUT2D eigenvalue weighted by atomic mass is 9.88. The van der Waals surface area contributed by atoms with Crippen LogP contribution in [0.25, 0.3) is 10.9 Å². The van der Waals surface area contributed by atoms with Crippen molar-refractivity contribution in [3.05, 3.63) is 58.2 Å². The lowest BCUT2D eigenvalue weighted by Gasteiger charge is -2.35. The zero-order chi connectivity index (χ0) is 19.0. The minimum Gasteiger partial charge on any atom is -0.493 e. The van der Waals surface area contributed by atoms with Crippen LogP contribution in [-0.4, -0.2) is 37.1 Å². The number of aromatic amines is 1. The van der Waals surface area contributed by atoms with Crippen molar-refractivity contribution in [3.8, 4) is 11.5 Å². The Bertz CT molecular complexity index is 999. The predicted octanol–water partition coefficient (Wildman–Crippen LogP) is 4.14. The van der Waals surface area contributed by atoms with Crippen molar-refractivity contribution >= 4 is 28.9 Å².